The van der Waals surface area contributed by atoms with E-state index in [2.05, 4.69) is 20.3 Å². The monoisotopic (exact) mass is 383 g/mol. The lowest BCUT2D eigenvalue weighted by Crippen LogP contribution is -2.35. The third-order valence-corrected chi connectivity index (χ3v) is 6.69. The Hall–Kier alpha value is -2.49. The molecule has 0 saturated carbocycles. The molecular formula is C18H17N5O3S. The number of hydrogen-bond acceptors (Lipinski definition) is 7. The topological polar surface area (TPSA) is 102 Å². The molecule has 0 radical (unpaired) electrons. The molecule has 2 N–H and O–H groups in total. The Bertz CT molecular complexity index is 1030. The first kappa shape index (κ1) is 16.7. The fourth-order valence-corrected chi connectivity index (χ4v) is 5.17. The summed E-state index contributed by atoms with van der Waals surface area (Å²) in [6, 6.07) is 8.91. The molecule has 2 aromatic heterocycles. The summed E-state index contributed by atoms with van der Waals surface area (Å²) < 4.78 is 7.91. The largest absolute Gasteiger partial charge is 0.389 e. The van der Waals surface area contributed by atoms with Crippen LogP contribution in [0.1, 0.15) is 23.5 Å². The van der Waals surface area contributed by atoms with Crippen LogP contribution in [0.4, 0.5) is 5.82 Å². The van der Waals surface area contributed by atoms with Gasteiger partial charge in [0.15, 0.2) is 23.2 Å². The van der Waals surface area contributed by atoms with Crippen molar-refractivity contribution in [2.75, 3.05) is 11.1 Å². The minimum Gasteiger partial charge on any atom is -0.389 e. The van der Waals surface area contributed by atoms with Crippen LogP contribution in [0.5, 0.6) is 0 Å². The van der Waals surface area contributed by atoms with E-state index < -0.39 is 11.7 Å². The number of aliphatic hydroxyl groups excluding tert-OH is 1. The molecule has 0 aliphatic carbocycles. The number of amides is 1. The number of benzene rings is 1. The highest BCUT2D eigenvalue weighted by Crippen LogP contribution is 2.52. The van der Waals surface area contributed by atoms with E-state index in [1.165, 1.54) is 6.33 Å². The maximum Gasteiger partial charge on any atom is 0.256 e. The Morgan fingerprint density at radius 2 is 2.15 bits per heavy atom. The number of hydrogen-bond donors (Lipinski definition) is 2. The predicted octanol–water partition coefficient (Wildman–Crippen LogP) is 1.84. The quantitative estimate of drug-likeness (QED) is 0.711. The van der Waals surface area contributed by atoms with Crippen LogP contribution in [-0.4, -0.2) is 53.2 Å². The molecule has 0 spiro atoms. The van der Waals surface area contributed by atoms with Gasteiger partial charge in [-0.1, -0.05) is 18.2 Å². The van der Waals surface area contributed by atoms with E-state index in [0.29, 0.717) is 22.5 Å². The molecule has 2 saturated heterocycles. The molecule has 1 aromatic carbocycles. The van der Waals surface area contributed by atoms with E-state index >= 15 is 0 Å². The summed E-state index contributed by atoms with van der Waals surface area (Å²) in [7, 11) is 0. The zero-order valence-corrected chi connectivity index (χ0v) is 15.3. The molecule has 2 unspecified atom stereocenters. The van der Waals surface area contributed by atoms with Crippen molar-refractivity contribution in [3.63, 3.8) is 0 Å². The molecule has 4 heterocycles. The number of imidazole rings is 1. The second-order valence-corrected chi connectivity index (χ2v) is 8.07. The lowest BCUT2D eigenvalue weighted by atomic mass is 10.0. The second-order valence-electron chi connectivity index (χ2n) is 6.91. The number of carbonyl (C=O) groups excluding carboxylic acids is 1. The van der Waals surface area contributed by atoms with Gasteiger partial charge in [-0.15, -0.1) is 11.8 Å². The van der Waals surface area contributed by atoms with E-state index in [9.17, 15) is 9.90 Å². The molecule has 2 aliphatic heterocycles. The lowest BCUT2D eigenvalue weighted by Gasteiger charge is -2.27. The number of aliphatic hydroxyl groups is 1. The van der Waals surface area contributed by atoms with Crippen molar-refractivity contribution in [3.05, 3.63) is 48.5 Å². The van der Waals surface area contributed by atoms with Gasteiger partial charge in [-0.2, -0.15) is 0 Å². The highest BCUT2D eigenvalue weighted by molar-refractivity contribution is 8.00. The molecule has 2 fully saturated rings. The Labute approximate surface area is 159 Å². The zero-order chi connectivity index (χ0) is 18.6. The van der Waals surface area contributed by atoms with Crippen molar-refractivity contribution in [2.45, 2.75) is 30.1 Å². The van der Waals surface area contributed by atoms with Crippen molar-refractivity contribution < 1.29 is 14.6 Å². The summed E-state index contributed by atoms with van der Waals surface area (Å²) in [6.45, 7) is 1.92. The molecule has 3 aromatic rings. The molecule has 27 heavy (non-hydrogen) atoms. The molecule has 2 aliphatic rings. The van der Waals surface area contributed by atoms with Crippen molar-refractivity contribution in [1.29, 1.82) is 0 Å². The van der Waals surface area contributed by atoms with Gasteiger partial charge in [0, 0.05) is 11.3 Å². The minimum absolute atomic E-state index is 0.0790. The summed E-state index contributed by atoms with van der Waals surface area (Å²) in [4.78, 5) is 25.3. The normalized spacial score (nSPS) is 29.3. The van der Waals surface area contributed by atoms with Gasteiger partial charge < -0.3 is 15.2 Å². The van der Waals surface area contributed by atoms with Gasteiger partial charge in [0.2, 0.25) is 0 Å². The van der Waals surface area contributed by atoms with Crippen molar-refractivity contribution in [2.24, 2.45) is 0 Å². The average molecular weight is 383 g/mol. The predicted molar refractivity (Wildman–Crippen MR) is 100 cm³/mol. The van der Waals surface area contributed by atoms with Crippen LogP contribution < -0.4 is 5.32 Å². The second kappa shape index (κ2) is 6.01. The van der Waals surface area contributed by atoms with Gasteiger partial charge >= 0.3 is 0 Å². The number of rotatable bonds is 3. The molecule has 1 amide bonds. The van der Waals surface area contributed by atoms with Crippen LogP contribution in [0, 0.1) is 0 Å². The summed E-state index contributed by atoms with van der Waals surface area (Å²) in [5, 5.41) is 13.2. The smallest absolute Gasteiger partial charge is 0.256 e. The fraction of sp³-hybridized carbons (Fsp3) is 0.333. The molecular weight excluding hydrogens is 366 g/mol. The van der Waals surface area contributed by atoms with Gasteiger partial charge in [-0.25, -0.2) is 15.0 Å². The molecule has 2 bridgehead atoms. The van der Waals surface area contributed by atoms with E-state index in [-0.39, 0.29) is 17.4 Å². The van der Waals surface area contributed by atoms with Gasteiger partial charge in [-0.3, -0.25) is 9.36 Å². The Kier molecular flexibility index (Phi) is 3.71. The zero-order valence-electron chi connectivity index (χ0n) is 14.4. The standard InChI is InChI=1S/C18H17N5O3S/c1-18-7-27-12(13(18)24)17(26-18)23-9-21-11-14(19-8-20-15(11)23)22-16(25)10-5-3-2-4-6-10/h2-6,8-9,12-13,17,24H,7H2,1H3,(H,19,20,22,25)/t12?,13?,17-,18-/m1/s1. The number of ether oxygens (including phenoxy) is 1. The SMILES string of the molecule is C[C@@]12CSC(C1O)[C@H](n1cnc3c(NC(=O)c4ccccc4)ncnc31)O2. The number of anilines is 1. The van der Waals surface area contributed by atoms with Crippen LogP contribution in [0.3, 0.4) is 0 Å². The van der Waals surface area contributed by atoms with Gasteiger partial charge in [0.25, 0.3) is 5.91 Å². The van der Waals surface area contributed by atoms with Crippen LogP contribution in [0.2, 0.25) is 0 Å². The van der Waals surface area contributed by atoms with Crippen molar-refractivity contribution >= 4 is 34.7 Å². The molecule has 9 heteroatoms. The van der Waals surface area contributed by atoms with Crippen LogP contribution >= 0.6 is 11.8 Å². The maximum atomic E-state index is 12.4. The van der Waals surface area contributed by atoms with Gasteiger partial charge in [0.1, 0.15) is 11.9 Å². The van der Waals surface area contributed by atoms with E-state index in [4.69, 9.17) is 4.74 Å². The van der Waals surface area contributed by atoms with Gasteiger partial charge in [0.05, 0.1) is 17.7 Å². The van der Waals surface area contributed by atoms with Crippen molar-refractivity contribution in [1.82, 2.24) is 19.5 Å². The number of thioether (sulfide) groups is 1. The molecule has 4 atom stereocenters. The first-order valence-electron chi connectivity index (χ1n) is 8.58. The Morgan fingerprint density at radius 1 is 1.33 bits per heavy atom. The lowest BCUT2D eigenvalue weighted by molar-refractivity contribution is -0.0751. The summed E-state index contributed by atoms with van der Waals surface area (Å²) in [6.07, 6.45) is 2.12. The molecule has 5 rings (SSSR count). The molecule has 8 nitrogen and oxygen atoms in total. The van der Waals surface area contributed by atoms with E-state index in [0.717, 1.165) is 5.75 Å². The number of nitrogens with zero attached hydrogens (tertiary/aromatic N) is 4. The Balaban J connectivity index is 1.48. The maximum absolute atomic E-state index is 12.4. The Morgan fingerprint density at radius 3 is 2.85 bits per heavy atom. The minimum atomic E-state index is -0.562. The summed E-state index contributed by atoms with van der Waals surface area (Å²) in [5.74, 6) is 0.838. The third-order valence-electron chi connectivity index (χ3n) is 5.07. The van der Waals surface area contributed by atoms with Crippen LogP contribution in [0.25, 0.3) is 11.2 Å². The number of carbonyl (C=O) groups is 1. The first-order valence-corrected chi connectivity index (χ1v) is 9.63. The van der Waals surface area contributed by atoms with E-state index in [1.807, 2.05) is 13.0 Å². The van der Waals surface area contributed by atoms with Gasteiger partial charge in [-0.05, 0) is 19.1 Å². The fourth-order valence-electron chi connectivity index (χ4n) is 3.58. The van der Waals surface area contributed by atoms with Crippen molar-refractivity contribution in [3.8, 4) is 0 Å². The van der Waals surface area contributed by atoms with E-state index in [1.54, 1.807) is 46.9 Å². The summed E-state index contributed by atoms with van der Waals surface area (Å²) >= 11 is 1.69. The summed E-state index contributed by atoms with van der Waals surface area (Å²) in [5.41, 5.74) is 1.02. The average Bonchev–Trinajstić information content (AvgIpc) is 3.31. The van der Waals surface area contributed by atoms with Crippen LogP contribution in [-0.2, 0) is 4.74 Å². The number of nitrogens with one attached hydrogen (secondary N) is 1. The number of fused-ring (bicyclic) bond motifs is 3. The number of aromatic nitrogens is 4. The first-order chi connectivity index (χ1) is 13.1. The highest BCUT2D eigenvalue weighted by Gasteiger charge is 2.58. The highest BCUT2D eigenvalue weighted by atomic mass is 32.2. The third kappa shape index (κ3) is 2.53. The molecule has 138 valence electrons. The van der Waals surface area contributed by atoms with Crippen LogP contribution in [0.15, 0.2) is 43.0 Å².